The highest BCUT2D eigenvalue weighted by atomic mass is 16.5. The summed E-state index contributed by atoms with van der Waals surface area (Å²) in [6.07, 6.45) is 11.1. The van der Waals surface area contributed by atoms with Crippen LogP contribution in [0.25, 0.3) is 11.2 Å². The van der Waals surface area contributed by atoms with Crippen LogP contribution in [0.4, 0.5) is 5.95 Å². The normalized spacial score (nSPS) is 20.1. The molecule has 1 unspecified atom stereocenters. The van der Waals surface area contributed by atoms with Gasteiger partial charge in [0.25, 0.3) is 5.91 Å². The number of piperidine rings is 1. The molecule has 9 nitrogen and oxygen atoms in total. The van der Waals surface area contributed by atoms with Crippen LogP contribution in [0, 0.1) is 5.92 Å². The number of hydrogen-bond acceptors (Lipinski definition) is 7. The number of carbonyl (C=O) groups excluding carboxylic acids is 1. The maximum atomic E-state index is 12.8. The fourth-order valence-corrected chi connectivity index (χ4v) is 4.48. The van der Waals surface area contributed by atoms with Gasteiger partial charge in [0, 0.05) is 57.5 Å². The molecule has 0 saturated carbocycles. The molecule has 0 aliphatic carbocycles. The summed E-state index contributed by atoms with van der Waals surface area (Å²) in [4.78, 5) is 32.7. The molecule has 2 aliphatic heterocycles. The number of ether oxygens (including phenoxy) is 1. The summed E-state index contributed by atoms with van der Waals surface area (Å²) in [7, 11) is 0. The van der Waals surface area contributed by atoms with Crippen LogP contribution in [0.5, 0.6) is 0 Å². The summed E-state index contributed by atoms with van der Waals surface area (Å²) in [6, 6.07) is 4.01. The van der Waals surface area contributed by atoms with Gasteiger partial charge in [-0.3, -0.25) is 4.79 Å². The zero-order valence-corrected chi connectivity index (χ0v) is 17.5. The highest BCUT2D eigenvalue weighted by Crippen LogP contribution is 2.25. The minimum Gasteiger partial charge on any atom is -0.381 e. The molecule has 162 valence electrons. The predicted molar refractivity (Wildman–Crippen MR) is 116 cm³/mol. The standard InChI is InChI=1S/C22H27N7O2/c30-21(26-12-16-3-1-8-28(14-16)22-23-6-2-7-24-22)17-11-19-20(25-13-17)29(15-27-19)18-4-9-31-10-5-18/h2,6-7,11,13,15-16,18H,1,3-5,8-10,12,14H2,(H,26,30). The molecule has 1 atom stereocenters. The minimum absolute atomic E-state index is 0.108. The van der Waals surface area contributed by atoms with Gasteiger partial charge < -0.3 is 19.5 Å². The fraction of sp³-hybridized carbons (Fsp3) is 0.500. The van der Waals surface area contributed by atoms with Crippen molar-refractivity contribution in [2.24, 2.45) is 5.92 Å². The quantitative estimate of drug-likeness (QED) is 0.674. The first-order valence-corrected chi connectivity index (χ1v) is 11.0. The summed E-state index contributed by atoms with van der Waals surface area (Å²) in [6.45, 7) is 3.94. The topological polar surface area (TPSA) is 98.1 Å². The van der Waals surface area contributed by atoms with Gasteiger partial charge in [-0.1, -0.05) is 0 Å². The van der Waals surface area contributed by atoms with E-state index in [-0.39, 0.29) is 5.91 Å². The third-order valence-corrected chi connectivity index (χ3v) is 6.16. The third kappa shape index (κ3) is 4.36. The lowest BCUT2D eigenvalue weighted by Gasteiger charge is -2.32. The van der Waals surface area contributed by atoms with E-state index in [4.69, 9.17) is 4.74 Å². The van der Waals surface area contributed by atoms with E-state index >= 15 is 0 Å². The second-order valence-electron chi connectivity index (χ2n) is 8.28. The number of fused-ring (bicyclic) bond motifs is 1. The third-order valence-electron chi connectivity index (χ3n) is 6.16. The molecule has 0 radical (unpaired) electrons. The number of pyridine rings is 1. The molecule has 5 heterocycles. The molecule has 3 aromatic rings. The Hall–Kier alpha value is -3.07. The number of imidazole rings is 1. The molecular formula is C22H27N7O2. The van der Waals surface area contributed by atoms with Crippen LogP contribution in [-0.4, -0.2) is 63.3 Å². The van der Waals surface area contributed by atoms with E-state index < -0.39 is 0 Å². The Labute approximate surface area is 180 Å². The van der Waals surface area contributed by atoms with E-state index in [1.54, 1.807) is 18.6 Å². The molecule has 2 aliphatic rings. The molecular weight excluding hydrogens is 394 g/mol. The Kier molecular flexibility index (Phi) is 5.75. The Morgan fingerprint density at radius 2 is 1.97 bits per heavy atom. The lowest BCUT2D eigenvalue weighted by atomic mass is 9.98. The smallest absolute Gasteiger partial charge is 0.252 e. The lowest BCUT2D eigenvalue weighted by Crippen LogP contribution is -2.41. The van der Waals surface area contributed by atoms with Crippen molar-refractivity contribution in [3.8, 4) is 0 Å². The van der Waals surface area contributed by atoms with Crippen molar-refractivity contribution in [3.05, 3.63) is 42.6 Å². The van der Waals surface area contributed by atoms with Crippen molar-refractivity contribution in [1.82, 2.24) is 29.8 Å². The Bertz CT molecular complexity index is 1030. The van der Waals surface area contributed by atoms with Crippen LogP contribution in [-0.2, 0) is 4.74 Å². The van der Waals surface area contributed by atoms with Gasteiger partial charge in [-0.05, 0) is 43.7 Å². The van der Waals surface area contributed by atoms with Crippen molar-refractivity contribution in [2.75, 3.05) is 37.7 Å². The number of nitrogens with zero attached hydrogens (tertiary/aromatic N) is 6. The van der Waals surface area contributed by atoms with Crippen LogP contribution >= 0.6 is 0 Å². The second kappa shape index (κ2) is 8.97. The van der Waals surface area contributed by atoms with Crippen LogP contribution in [0.15, 0.2) is 37.1 Å². The Morgan fingerprint density at radius 1 is 1.13 bits per heavy atom. The number of hydrogen-bond donors (Lipinski definition) is 1. The van der Waals surface area contributed by atoms with Gasteiger partial charge in [0.1, 0.15) is 5.52 Å². The number of anilines is 1. The van der Waals surface area contributed by atoms with Crippen molar-refractivity contribution in [3.63, 3.8) is 0 Å². The van der Waals surface area contributed by atoms with Crippen LogP contribution in [0.3, 0.4) is 0 Å². The second-order valence-corrected chi connectivity index (χ2v) is 8.28. The Morgan fingerprint density at radius 3 is 2.81 bits per heavy atom. The number of rotatable bonds is 5. The number of carbonyl (C=O) groups is 1. The number of aromatic nitrogens is 5. The molecule has 0 spiro atoms. The summed E-state index contributed by atoms with van der Waals surface area (Å²) >= 11 is 0. The zero-order valence-electron chi connectivity index (χ0n) is 17.5. The Balaban J connectivity index is 1.21. The van der Waals surface area contributed by atoms with Crippen LogP contribution in [0.1, 0.15) is 42.1 Å². The lowest BCUT2D eigenvalue weighted by molar-refractivity contribution is 0.0704. The molecule has 0 bridgehead atoms. The van der Waals surface area contributed by atoms with E-state index in [1.807, 2.05) is 18.5 Å². The van der Waals surface area contributed by atoms with Gasteiger partial charge in [0.2, 0.25) is 5.95 Å². The first-order valence-electron chi connectivity index (χ1n) is 11.0. The van der Waals surface area contributed by atoms with E-state index in [2.05, 4.69) is 34.7 Å². The van der Waals surface area contributed by atoms with E-state index in [0.717, 1.165) is 69.1 Å². The number of nitrogens with one attached hydrogen (secondary N) is 1. The molecule has 5 rings (SSSR count). The van der Waals surface area contributed by atoms with Crippen molar-refractivity contribution in [2.45, 2.75) is 31.7 Å². The van der Waals surface area contributed by atoms with Crippen LogP contribution in [0.2, 0.25) is 0 Å². The summed E-state index contributed by atoms with van der Waals surface area (Å²) in [5.41, 5.74) is 2.13. The summed E-state index contributed by atoms with van der Waals surface area (Å²) in [5.74, 6) is 1.02. The van der Waals surface area contributed by atoms with E-state index in [1.165, 1.54) is 0 Å². The molecule has 0 aromatic carbocycles. The molecule has 1 N–H and O–H groups in total. The average molecular weight is 422 g/mol. The maximum absolute atomic E-state index is 12.8. The SMILES string of the molecule is O=C(NCC1CCCN(c2ncccn2)C1)c1cnc2c(c1)ncn2C1CCOCC1. The highest BCUT2D eigenvalue weighted by molar-refractivity contribution is 5.96. The van der Waals surface area contributed by atoms with Gasteiger partial charge in [-0.25, -0.2) is 19.9 Å². The predicted octanol–water partition coefficient (Wildman–Crippen LogP) is 2.22. The van der Waals surface area contributed by atoms with Gasteiger partial charge in [0.05, 0.1) is 11.9 Å². The van der Waals surface area contributed by atoms with Gasteiger partial charge in [0.15, 0.2) is 5.65 Å². The maximum Gasteiger partial charge on any atom is 0.252 e. The van der Waals surface area contributed by atoms with Crippen molar-refractivity contribution < 1.29 is 9.53 Å². The zero-order chi connectivity index (χ0) is 21.0. The van der Waals surface area contributed by atoms with Gasteiger partial charge in [-0.15, -0.1) is 0 Å². The van der Waals surface area contributed by atoms with Crippen molar-refractivity contribution >= 4 is 23.0 Å². The van der Waals surface area contributed by atoms with Crippen LogP contribution < -0.4 is 10.2 Å². The van der Waals surface area contributed by atoms with Gasteiger partial charge in [-0.2, -0.15) is 0 Å². The first-order chi connectivity index (χ1) is 15.3. The minimum atomic E-state index is -0.108. The van der Waals surface area contributed by atoms with E-state index in [0.29, 0.717) is 24.1 Å². The van der Waals surface area contributed by atoms with Crippen molar-refractivity contribution in [1.29, 1.82) is 0 Å². The molecule has 2 saturated heterocycles. The average Bonchev–Trinajstić information content (AvgIpc) is 3.27. The summed E-state index contributed by atoms with van der Waals surface area (Å²) < 4.78 is 7.56. The molecule has 1 amide bonds. The fourth-order valence-electron chi connectivity index (χ4n) is 4.48. The number of amides is 1. The largest absolute Gasteiger partial charge is 0.381 e. The molecule has 3 aromatic heterocycles. The molecule has 9 heteroatoms. The van der Waals surface area contributed by atoms with E-state index in [9.17, 15) is 4.79 Å². The monoisotopic (exact) mass is 421 g/mol. The summed E-state index contributed by atoms with van der Waals surface area (Å²) in [5, 5.41) is 3.08. The first kappa shape index (κ1) is 19.9. The van der Waals surface area contributed by atoms with Gasteiger partial charge >= 0.3 is 0 Å². The molecule has 31 heavy (non-hydrogen) atoms. The highest BCUT2D eigenvalue weighted by Gasteiger charge is 2.23. The molecule has 2 fully saturated rings.